The van der Waals surface area contributed by atoms with Crippen LogP contribution in [0.4, 0.5) is 0 Å². The molecular formula is C13H12ClN3S. The highest BCUT2D eigenvalue weighted by Crippen LogP contribution is 2.12. The summed E-state index contributed by atoms with van der Waals surface area (Å²) in [5.74, 6) is 0. The molecule has 0 saturated carbocycles. The van der Waals surface area contributed by atoms with Gasteiger partial charge in [0.1, 0.15) is 5.65 Å². The zero-order chi connectivity index (χ0) is 12.4. The quantitative estimate of drug-likeness (QED) is 0.792. The van der Waals surface area contributed by atoms with Crippen molar-refractivity contribution < 1.29 is 0 Å². The minimum atomic E-state index is 0.720. The molecule has 3 rings (SSSR count). The van der Waals surface area contributed by atoms with E-state index in [1.54, 1.807) is 11.3 Å². The fraction of sp³-hybridized carbons (Fsp3) is 0.154. The van der Waals surface area contributed by atoms with E-state index in [1.165, 1.54) is 4.88 Å². The van der Waals surface area contributed by atoms with Gasteiger partial charge in [-0.3, -0.25) is 0 Å². The van der Waals surface area contributed by atoms with Gasteiger partial charge in [0, 0.05) is 30.4 Å². The molecule has 0 aromatic carbocycles. The molecule has 92 valence electrons. The van der Waals surface area contributed by atoms with E-state index in [4.69, 9.17) is 11.6 Å². The first-order valence-corrected chi connectivity index (χ1v) is 6.93. The standard InChI is InChI=1S/C13H12ClN3S/c14-10-3-4-13-16-11(9-17(13)8-10)6-15-7-12-2-1-5-18-12/h1-5,8-9,15H,6-7H2. The van der Waals surface area contributed by atoms with E-state index in [0.717, 1.165) is 29.5 Å². The molecule has 0 atom stereocenters. The molecule has 0 fully saturated rings. The summed E-state index contributed by atoms with van der Waals surface area (Å²) in [5, 5.41) is 6.19. The van der Waals surface area contributed by atoms with Crippen LogP contribution in [-0.2, 0) is 13.1 Å². The number of halogens is 1. The van der Waals surface area contributed by atoms with Gasteiger partial charge in [-0.1, -0.05) is 17.7 Å². The molecule has 0 aliphatic carbocycles. The van der Waals surface area contributed by atoms with Crippen molar-refractivity contribution in [3.63, 3.8) is 0 Å². The Morgan fingerprint density at radius 1 is 1.22 bits per heavy atom. The Bertz CT molecular complexity index is 645. The Morgan fingerprint density at radius 3 is 3.00 bits per heavy atom. The summed E-state index contributed by atoms with van der Waals surface area (Å²) in [5.41, 5.74) is 1.95. The summed E-state index contributed by atoms with van der Waals surface area (Å²) in [7, 11) is 0. The van der Waals surface area contributed by atoms with Crippen molar-refractivity contribution in [2.75, 3.05) is 0 Å². The van der Waals surface area contributed by atoms with Crippen molar-refractivity contribution in [2.24, 2.45) is 0 Å². The average Bonchev–Trinajstić information content (AvgIpc) is 2.97. The number of rotatable bonds is 4. The highest BCUT2D eigenvalue weighted by atomic mass is 35.5. The first kappa shape index (κ1) is 11.7. The molecule has 0 bridgehead atoms. The third-order valence-corrected chi connectivity index (χ3v) is 3.75. The number of pyridine rings is 1. The van der Waals surface area contributed by atoms with Crippen LogP contribution in [0.5, 0.6) is 0 Å². The van der Waals surface area contributed by atoms with E-state index >= 15 is 0 Å². The second-order valence-corrected chi connectivity index (χ2v) is 5.50. The molecule has 0 amide bonds. The molecule has 18 heavy (non-hydrogen) atoms. The Balaban J connectivity index is 1.67. The average molecular weight is 278 g/mol. The van der Waals surface area contributed by atoms with E-state index in [1.807, 2.05) is 28.9 Å². The molecule has 5 heteroatoms. The second-order valence-electron chi connectivity index (χ2n) is 4.03. The van der Waals surface area contributed by atoms with E-state index in [9.17, 15) is 0 Å². The van der Waals surface area contributed by atoms with Gasteiger partial charge in [-0.05, 0) is 23.6 Å². The largest absolute Gasteiger partial charge is 0.306 e. The minimum Gasteiger partial charge on any atom is -0.306 e. The van der Waals surface area contributed by atoms with Crippen LogP contribution in [0.2, 0.25) is 5.02 Å². The Morgan fingerprint density at radius 2 is 2.17 bits per heavy atom. The number of thiophene rings is 1. The molecule has 3 aromatic heterocycles. The summed E-state index contributed by atoms with van der Waals surface area (Å²) in [6.07, 6.45) is 3.87. The normalized spacial score (nSPS) is 11.2. The van der Waals surface area contributed by atoms with E-state index in [2.05, 4.69) is 27.8 Å². The lowest BCUT2D eigenvalue weighted by molar-refractivity contribution is 0.690. The molecule has 0 radical (unpaired) electrons. The third kappa shape index (κ3) is 2.56. The Labute approximate surface area is 114 Å². The second kappa shape index (κ2) is 5.10. The highest BCUT2D eigenvalue weighted by molar-refractivity contribution is 7.09. The molecule has 0 aliphatic rings. The van der Waals surface area contributed by atoms with Crippen LogP contribution in [0.3, 0.4) is 0 Å². The van der Waals surface area contributed by atoms with Crippen LogP contribution in [0, 0.1) is 0 Å². The molecule has 0 unspecified atom stereocenters. The number of hydrogen-bond donors (Lipinski definition) is 1. The zero-order valence-corrected chi connectivity index (χ0v) is 11.2. The molecule has 0 saturated heterocycles. The number of nitrogens with zero attached hydrogens (tertiary/aromatic N) is 2. The molecule has 1 N–H and O–H groups in total. The van der Waals surface area contributed by atoms with Gasteiger partial charge in [-0.15, -0.1) is 11.3 Å². The first-order chi connectivity index (χ1) is 8.81. The maximum atomic E-state index is 5.94. The van der Waals surface area contributed by atoms with Crippen LogP contribution in [0.1, 0.15) is 10.6 Å². The Hall–Kier alpha value is -1.36. The van der Waals surface area contributed by atoms with E-state index in [0.29, 0.717) is 0 Å². The molecule has 0 spiro atoms. The molecule has 3 aromatic rings. The summed E-state index contributed by atoms with van der Waals surface area (Å²) < 4.78 is 1.95. The maximum absolute atomic E-state index is 5.94. The first-order valence-electron chi connectivity index (χ1n) is 5.67. The van der Waals surface area contributed by atoms with Gasteiger partial charge in [-0.2, -0.15) is 0 Å². The van der Waals surface area contributed by atoms with E-state index < -0.39 is 0 Å². The zero-order valence-electron chi connectivity index (χ0n) is 9.64. The summed E-state index contributed by atoms with van der Waals surface area (Å²) in [4.78, 5) is 5.85. The van der Waals surface area contributed by atoms with Crippen molar-refractivity contribution in [3.05, 3.63) is 57.6 Å². The van der Waals surface area contributed by atoms with Crippen LogP contribution in [0.25, 0.3) is 5.65 Å². The molecule has 0 aliphatic heterocycles. The highest BCUT2D eigenvalue weighted by Gasteiger charge is 2.02. The van der Waals surface area contributed by atoms with Crippen LogP contribution >= 0.6 is 22.9 Å². The maximum Gasteiger partial charge on any atom is 0.137 e. The topological polar surface area (TPSA) is 29.3 Å². The van der Waals surface area contributed by atoms with E-state index in [-0.39, 0.29) is 0 Å². The van der Waals surface area contributed by atoms with Gasteiger partial charge in [0.05, 0.1) is 10.7 Å². The van der Waals surface area contributed by atoms with Gasteiger partial charge >= 0.3 is 0 Å². The summed E-state index contributed by atoms with van der Waals surface area (Å²) in [6.45, 7) is 1.64. The van der Waals surface area contributed by atoms with Gasteiger partial charge in [0.15, 0.2) is 0 Å². The van der Waals surface area contributed by atoms with Crippen molar-refractivity contribution >= 4 is 28.6 Å². The smallest absolute Gasteiger partial charge is 0.137 e. The van der Waals surface area contributed by atoms with Crippen molar-refractivity contribution in [3.8, 4) is 0 Å². The number of imidazole rings is 1. The number of nitrogens with one attached hydrogen (secondary N) is 1. The summed E-state index contributed by atoms with van der Waals surface area (Å²) in [6, 6.07) is 7.97. The van der Waals surface area contributed by atoms with Gasteiger partial charge in [-0.25, -0.2) is 4.98 Å². The number of aromatic nitrogens is 2. The van der Waals surface area contributed by atoms with Crippen molar-refractivity contribution in [1.29, 1.82) is 0 Å². The van der Waals surface area contributed by atoms with Crippen LogP contribution in [0.15, 0.2) is 42.0 Å². The third-order valence-electron chi connectivity index (χ3n) is 2.65. The lowest BCUT2D eigenvalue weighted by Crippen LogP contribution is -2.11. The number of fused-ring (bicyclic) bond motifs is 1. The Kier molecular flexibility index (Phi) is 3.32. The predicted octanol–water partition coefficient (Wildman–Crippen LogP) is 3.34. The fourth-order valence-corrected chi connectivity index (χ4v) is 2.67. The van der Waals surface area contributed by atoms with Crippen LogP contribution < -0.4 is 5.32 Å². The van der Waals surface area contributed by atoms with Gasteiger partial charge < -0.3 is 9.72 Å². The van der Waals surface area contributed by atoms with Crippen LogP contribution in [-0.4, -0.2) is 9.38 Å². The lowest BCUT2D eigenvalue weighted by Gasteiger charge is -1.98. The molecular weight excluding hydrogens is 266 g/mol. The SMILES string of the molecule is Clc1ccc2nc(CNCc3cccs3)cn2c1. The number of hydrogen-bond acceptors (Lipinski definition) is 3. The molecule has 3 heterocycles. The predicted molar refractivity (Wildman–Crippen MR) is 75.1 cm³/mol. The summed E-state index contributed by atoms with van der Waals surface area (Å²) >= 11 is 7.70. The minimum absolute atomic E-state index is 0.720. The molecule has 3 nitrogen and oxygen atoms in total. The van der Waals surface area contributed by atoms with Crippen molar-refractivity contribution in [2.45, 2.75) is 13.1 Å². The monoisotopic (exact) mass is 277 g/mol. The lowest BCUT2D eigenvalue weighted by atomic mass is 10.4. The van der Waals surface area contributed by atoms with Gasteiger partial charge in [0.2, 0.25) is 0 Å². The van der Waals surface area contributed by atoms with Crippen molar-refractivity contribution in [1.82, 2.24) is 14.7 Å². The fourth-order valence-electron chi connectivity index (χ4n) is 1.83. The van der Waals surface area contributed by atoms with Gasteiger partial charge in [0.25, 0.3) is 0 Å².